The van der Waals surface area contributed by atoms with Crippen molar-refractivity contribution in [1.29, 1.82) is 0 Å². The van der Waals surface area contributed by atoms with E-state index in [4.69, 9.17) is 0 Å². The highest BCUT2D eigenvalue weighted by Gasteiger charge is 2.31. The standard InChI is InChI=1S/C22H36FN7O3/c1-14-10-29(11-15(2)28(14)4)21-19(23)20(24-16(3)25-21)26-27-22(32)18(12-30(33)13-31)9-17-7-5-6-8-17/h13-15,17-18,33H,5-12H2,1-4H3,(H,27,32)(H,24,25,26)/t14-,15+,18-/m0/s1. The molecule has 1 aliphatic carbocycles. The Balaban J connectivity index is 1.71. The van der Waals surface area contributed by atoms with Crippen LogP contribution in [0.5, 0.6) is 0 Å². The van der Waals surface area contributed by atoms with E-state index in [-0.39, 0.29) is 36.7 Å². The van der Waals surface area contributed by atoms with Gasteiger partial charge in [0.05, 0.1) is 12.5 Å². The van der Waals surface area contributed by atoms with Crippen LogP contribution in [0.3, 0.4) is 0 Å². The molecule has 0 aromatic carbocycles. The van der Waals surface area contributed by atoms with E-state index < -0.39 is 17.6 Å². The highest BCUT2D eigenvalue weighted by Crippen LogP contribution is 2.31. The van der Waals surface area contributed by atoms with Crippen LogP contribution < -0.4 is 15.8 Å². The molecule has 2 amide bonds. The van der Waals surface area contributed by atoms with Gasteiger partial charge in [0.25, 0.3) is 0 Å². The number of halogens is 1. The Morgan fingerprint density at radius 2 is 1.91 bits per heavy atom. The Labute approximate surface area is 194 Å². The van der Waals surface area contributed by atoms with E-state index in [2.05, 4.69) is 46.6 Å². The van der Waals surface area contributed by atoms with Gasteiger partial charge in [0.1, 0.15) is 5.82 Å². The number of amides is 2. The summed E-state index contributed by atoms with van der Waals surface area (Å²) >= 11 is 0. The smallest absolute Gasteiger partial charge is 0.243 e. The number of hydrogen-bond acceptors (Lipinski definition) is 8. The van der Waals surface area contributed by atoms with E-state index >= 15 is 4.39 Å². The number of anilines is 2. The summed E-state index contributed by atoms with van der Waals surface area (Å²) in [4.78, 5) is 36.3. The van der Waals surface area contributed by atoms with Crippen molar-refractivity contribution in [3.05, 3.63) is 11.6 Å². The number of nitrogens with zero attached hydrogens (tertiary/aromatic N) is 5. The molecular formula is C22H36FN7O3. The number of carbonyl (C=O) groups is 2. The van der Waals surface area contributed by atoms with E-state index in [0.29, 0.717) is 36.3 Å². The summed E-state index contributed by atoms with van der Waals surface area (Å²) in [5.74, 6) is -0.840. The van der Waals surface area contributed by atoms with Gasteiger partial charge in [-0.25, -0.2) is 15.0 Å². The normalized spacial score (nSPS) is 22.8. The van der Waals surface area contributed by atoms with Crippen molar-refractivity contribution in [3.8, 4) is 0 Å². The fourth-order valence-electron chi connectivity index (χ4n) is 4.82. The largest absolute Gasteiger partial charge is 0.351 e. The number of nitrogens with one attached hydrogen (secondary N) is 2. The van der Waals surface area contributed by atoms with Crippen LogP contribution in [0.25, 0.3) is 0 Å². The zero-order chi connectivity index (χ0) is 24.1. The number of carbonyl (C=O) groups excluding carboxylic acids is 2. The van der Waals surface area contributed by atoms with E-state index in [0.717, 1.165) is 25.7 Å². The molecule has 2 fully saturated rings. The van der Waals surface area contributed by atoms with Crippen molar-refractivity contribution >= 4 is 24.0 Å². The molecule has 33 heavy (non-hydrogen) atoms. The summed E-state index contributed by atoms with van der Waals surface area (Å²) in [7, 11) is 2.05. The number of hydrogen-bond donors (Lipinski definition) is 3. The Morgan fingerprint density at radius 3 is 2.52 bits per heavy atom. The third-order valence-corrected chi connectivity index (χ3v) is 6.90. The maximum atomic E-state index is 15.3. The van der Waals surface area contributed by atoms with Crippen molar-refractivity contribution in [2.24, 2.45) is 11.8 Å². The fourth-order valence-corrected chi connectivity index (χ4v) is 4.82. The Hall–Kier alpha value is -2.53. The molecule has 0 radical (unpaired) electrons. The number of piperazine rings is 1. The highest BCUT2D eigenvalue weighted by atomic mass is 19.1. The molecule has 2 heterocycles. The Bertz CT molecular complexity index is 824. The molecule has 10 nitrogen and oxygen atoms in total. The number of rotatable bonds is 9. The topological polar surface area (TPSA) is 114 Å². The Morgan fingerprint density at radius 1 is 1.27 bits per heavy atom. The molecule has 0 spiro atoms. The quantitative estimate of drug-likeness (QED) is 0.288. The number of aromatic nitrogens is 2. The molecule has 3 atom stereocenters. The van der Waals surface area contributed by atoms with Crippen molar-refractivity contribution in [2.45, 2.75) is 65.0 Å². The van der Waals surface area contributed by atoms with Gasteiger partial charge in [-0.1, -0.05) is 25.7 Å². The van der Waals surface area contributed by atoms with Crippen LogP contribution in [0, 0.1) is 24.6 Å². The van der Waals surface area contributed by atoms with Crippen molar-refractivity contribution in [2.75, 3.05) is 37.0 Å². The first kappa shape index (κ1) is 25.1. The average molecular weight is 466 g/mol. The van der Waals surface area contributed by atoms with Gasteiger partial charge in [-0.2, -0.15) is 4.39 Å². The molecular weight excluding hydrogens is 429 g/mol. The number of likely N-dealkylation sites (N-methyl/N-ethyl adjacent to an activating group) is 1. The molecule has 1 aliphatic heterocycles. The van der Waals surface area contributed by atoms with E-state index in [9.17, 15) is 14.8 Å². The van der Waals surface area contributed by atoms with Gasteiger partial charge < -0.3 is 4.90 Å². The van der Waals surface area contributed by atoms with Crippen LogP contribution in [-0.2, 0) is 9.59 Å². The summed E-state index contributed by atoms with van der Waals surface area (Å²) < 4.78 is 15.3. The highest BCUT2D eigenvalue weighted by molar-refractivity contribution is 5.80. The summed E-state index contributed by atoms with van der Waals surface area (Å²) in [5, 5.41) is 10.1. The van der Waals surface area contributed by atoms with Crippen LogP contribution in [0.15, 0.2) is 0 Å². The van der Waals surface area contributed by atoms with E-state index in [1.54, 1.807) is 6.92 Å². The summed E-state index contributed by atoms with van der Waals surface area (Å²) in [6, 6.07) is 0.463. The van der Waals surface area contributed by atoms with E-state index in [1.807, 2.05) is 4.90 Å². The lowest BCUT2D eigenvalue weighted by Gasteiger charge is -2.43. The molecule has 1 aromatic rings. The molecule has 2 aliphatic rings. The first-order valence-electron chi connectivity index (χ1n) is 11.7. The first-order valence-corrected chi connectivity index (χ1v) is 11.7. The average Bonchev–Trinajstić information content (AvgIpc) is 3.29. The lowest BCUT2D eigenvalue weighted by atomic mass is 9.92. The molecule has 11 heteroatoms. The second-order valence-electron chi connectivity index (χ2n) is 9.45. The fraction of sp³-hybridized carbons (Fsp3) is 0.727. The summed E-state index contributed by atoms with van der Waals surface area (Å²) in [6.45, 7) is 6.98. The minimum Gasteiger partial charge on any atom is -0.351 e. The molecule has 1 aromatic heterocycles. The summed E-state index contributed by atoms with van der Waals surface area (Å²) in [6.07, 6.45) is 5.10. The first-order chi connectivity index (χ1) is 15.7. The molecule has 0 bridgehead atoms. The van der Waals surface area contributed by atoms with Crippen LogP contribution in [0.4, 0.5) is 16.0 Å². The second kappa shape index (κ2) is 11.1. The molecule has 0 unspecified atom stereocenters. The SMILES string of the molecule is Cc1nc(NNC(=O)[C@@H](CC2CCCC2)CN(O)C=O)c(F)c(N2C[C@@H](C)N(C)[C@@H](C)C2)n1. The third kappa shape index (κ3) is 6.29. The van der Waals surface area contributed by atoms with Crippen LogP contribution in [0.2, 0.25) is 0 Å². The van der Waals surface area contributed by atoms with Gasteiger partial charge in [0.2, 0.25) is 18.1 Å². The van der Waals surface area contributed by atoms with Gasteiger partial charge in [-0.05, 0) is 40.2 Å². The van der Waals surface area contributed by atoms with Gasteiger partial charge in [-0.3, -0.25) is 30.5 Å². The molecule has 3 rings (SSSR count). The van der Waals surface area contributed by atoms with Crippen molar-refractivity contribution in [1.82, 2.24) is 25.4 Å². The third-order valence-electron chi connectivity index (χ3n) is 6.90. The molecule has 1 saturated heterocycles. The zero-order valence-electron chi connectivity index (χ0n) is 19.9. The predicted octanol–water partition coefficient (Wildman–Crippen LogP) is 1.94. The Kier molecular flexibility index (Phi) is 8.41. The van der Waals surface area contributed by atoms with Crippen LogP contribution >= 0.6 is 0 Å². The zero-order valence-corrected chi connectivity index (χ0v) is 19.9. The molecule has 3 N–H and O–H groups in total. The lowest BCUT2D eigenvalue weighted by Crippen LogP contribution is -2.55. The van der Waals surface area contributed by atoms with Gasteiger partial charge in [0, 0.05) is 25.2 Å². The van der Waals surface area contributed by atoms with Gasteiger partial charge in [-0.15, -0.1) is 0 Å². The molecule has 184 valence electrons. The predicted molar refractivity (Wildman–Crippen MR) is 122 cm³/mol. The van der Waals surface area contributed by atoms with E-state index in [1.165, 1.54) is 0 Å². The minimum atomic E-state index is -0.631. The molecule has 1 saturated carbocycles. The van der Waals surface area contributed by atoms with Crippen molar-refractivity contribution < 1.29 is 19.2 Å². The number of aryl methyl sites for hydroxylation is 1. The van der Waals surface area contributed by atoms with Gasteiger partial charge in [0.15, 0.2) is 11.6 Å². The number of hydroxylamine groups is 2. The van der Waals surface area contributed by atoms with Crippen LogP contribution in [-0.4, -0.2) is 76.2 Å². The minimum absolute atomic E-state index is 0.110. The lowest BCUT2D eigenvalue weighted by molar-refractivity contribution is -0.154. The van der Waals surface area contributed by atoms with Crippen LogP contribution in [0.1, 0.15) is 51.8 Å². The monoisotopic (exact) mass is 465 g/mol. The van der Waals surface area contributed by atoms with Crippen molar-refractivity contribution in [3.63, 3.8) is 0 Å². The summed E-state index contributed by atoms with van der Waals surface area (Å²) in [5.41, 5.74) is 5.14. The number of hydrazine groups is 1. The second-order valence-corrected chi connectivity index (χ2v) is 9.45. The maximum absolute atomic E-state index is 15.3. The van der Waals surface area contributed by atoms with Gasteiger partial charge >= 0.3 is 0 Å². The maximum Gasteiger partial charge on any atom is 0.243 e.